The van der Waals surface area contributed by atoms with Crippen molar-refractivity contribution < 1.29 is 14.3 Å². The summed E-state index contributed by atoms with van der Waals surface area (Å²) in [5, 5.41) is 8.86. The molecule has 0 radical (unpaired) electrons. The van der Waals surface area contributed by atoms with Gasteiger partial charge in [0.05, 0.1) is 0 Å². The van der Waals surface area contributed by atoms with Crippen molar-refractivity contribution >= 4 is 5.91 Å². The molecule has 2 rings (SSSR count). The van der Waals surface area contributed by atoms with Crippen LogP contribution in [0.5, 0.6) is 0 Å². The summed E-state index contributed by atoms with van der Waals surface area (Å²) in [5.74, 6) is 0.568. The number of hydrogen-bond acceptors (Lipinski definition) is 2. The van der Waals surface area contributed by atoms with Gasteiger partial charge in [-0.2, -0.15) is 0 Å². The molecule has 0 aliphatic carbocycles. The van der Waals surface area contributed by atoms with Crippen LogP contribution in [0.3, 0.4) is 0 Å². The Hall–Kier alpha value is -1.42. The number of rotatable bonds is 6. The third-order valence-corrected chi connectivity index (χ3v) is 4.33. The number of carbonyl (C=O) groups excluding carboxylic acids is 1. The molecule has 1 heterocycles. The summed E-state index contributed by atoms with van der Waals surface area (Å²) >= 11 is 0. The summed E-state index contributed by atoms with van der Waals surface area (Å²) in [5.41, 5.74) is 1.00. The summed E-state index contributed by atoms with van der Waals surface area (Å²) in [6.07, 6.45) is 3.32. The second-order valence-corrected chi connectivity index (χ2v) is 6.02. The second-order valence-electron chi connectivity index (χ2n) is 6.02. The summed E-state index contributed by atoms with van der Waals surface area (Å²) in [6, 6.07) is 6.39. The number of likely N-dealkylation sites (tertiary alicyclic amines) is 1. The molecule has 1 aliphatic heterocycles. The highest BCUT2D eigenvalue weighted by Crippen LogP contribution is 2.25. The van der Waals surface area contributed by atoms with Crippen molar-refractivity contribution in [2.75, 3.05) is 19.7 Å². The van der Waals surface area contributed by atoms with Crippen molar-refractivity contribution in [1.29, 1.82) is 0 Å². The molecule has 1 amide bonds. The first-order valence-corrected chi connectivity index (χ1v) is 7.74. The number of aliphatic hydroxyl groups is 1. The molecule has 2 atom stereocenters. The summed E-state index contributed by atoms with van der Waals surface area (Å²) in [4.78, 5) is 14.3. The maximum Gasteiger partial charge on any atom is 0.223 e. The lowest BCUT2D eigenvalue weighted by Gasteiger charge is -2.19. The standard InChI is InChI=1S/C17H24FNO2/c1-13(15-4-6-16(18)7-5-15)11-17(21)19-9-8-14(12-19)3-2-10-20/h4-7,13-14,20H,2-3,8-12H2,1H3/t13-,14+/m1/s1. The lowest BCUT2D eigenvalue weighted by atomic mass is 9.97. The van der Waals surface area contributed by atoms with Crippen LogP contribution in [0, 0.1) is 11.7 Å². The molecule has 0 spiro atoms. The molecular formula is C17H24FNO2. The van der Waals surface area contributed by atoms with Gasteiger partial charge in [-0.05, 0) is 48.8 Å². The minimum atomic E-state index is -0.247. The van der Waals surface area contributed by atoms with E-state index in [4.69, 9.17) is 5.11 Å². The minimum Gasteiger partial charge on any atom is -0.396 e. The topological polar surface area (TPSA) is 40.5 Å². The molecule has 0 aromatic heterocycles. The van der Waals surface area contributed by atoms with Crippen LogP contribution in [0.4, 0.5) is 4.39 Å². The molecule has 1 N–H and O–H groups in total. The van der Waals surface area contributed by atoms with E-state index >= 15 is 0 Å². The van der Waals surface area contributed by atoms with E-state index in [1.807, 2.05) is 11.8 Å². The SMILES string of the molecule is C[C@H](CC(=O)N1CC[C@H](CCCO)C1)c1ccc(F)cc1. The quantitative estimate of drug-likeness (QED) is 0.876. The van der Waals surface area contributed by atoms with Gasteiger partial charge in [0, 0.05) is 26.1 Å². The Balaban J connectivity index is 1.83. The van der Waals surface area contributed by atoms with Gasteiger partial charge in [-0.3, -0.25) is 4.79 Å². The van der Waals surface area contributed by atoms with E-state index in [2.05, 4.69) is 0 Å². The Labute approximate surface area is 125 Å². The van der Waals surface area contributed by atoms with E-state index in [1.165, 1.54) is 12.1 Å². The molecule has 1 aliphatic rings. The van der Waals surface area contributed by atoms with E-state index in [0.717, 1.165) is 37.9 Å². The normalized spacial score (nSPS) is 19.8. The number of amides is 1. The minimum absolute atomic E-state index is 0.106. The highest BCUT2D eigenvalue weighted by Gasteiger charge is 2.26. The third-order valence-electron chi connectivity index (χ3n) is 4.33. The maximum atomic E-state index is 12.9. The fraction of sp³-hybridized carbons (Fsp3) is 0.588. The van der Waals surface area contributed by atoms with Crippen molar-refractivity contribution in [1.82, 2.24) is 4.90 Å². The van der Waals surface area contributed by atoms with Crippen LogP contribution in [0.1, 0.15) is 44.1 Å². The molecule has 0 bridgehead atoms. The van der Waals surface area contributed by atoms with Gasteiger partial charge in [-0.25, -0.2) is 4.39 Å². The van der Waals surface area contributed by atoms with Gasteiger partial charge in [0.1, 0.15) is 5.82 Å². The van der Waals surface area contributed by atoms with Crippen molar-refractivity contribution in [3.05, 3.63) is 35.6 Å². The Morgan fingerprint density at radius 1 is 1.43 bits per heavy atom. The highest BCUT2D eigenvalue weighted by molar-refractivity contribution is 5.77. The average Bonchev–Trinajstić information content (AvgIpc) is 2.94. The number of aliphatic hydroxyl groups excluding tert-OH is 1. The van der Waals surface area contributed by atoms with E-state index < -0.39 is 0 Å². The molecule has 1 aromatic carbocycles. The molecule has 0 saturated carbocycles. The van der Waals surface area contributed by atoms with Gasteiger partial charge in [0.15, 0.2) is 0 Å². The zero-order chi connectivity index (χ0) is 15.2. The van der Waals surface area contributed by atoms with Gasteiger partial charge in [0.2, 0.25) is 5.91 Å². The van der Waals surface area contributed by atoms with Gasteiger partial charge in [-0.15, -0.1) is 0 Å². The van der Waals surface area contributed by atoms with E-state index in [-0.39, 0.29) is 24.2 Å². The number of halogens is 1. The Morgan fingerprint density at radius 3 is 2.81 bits per heavy atom. The zero-order valence-corrected chi connectivity index (χ0v) is 12.6. The van der Waals surface area contributed by atoms with Crippen LogP contribution < -0.4 is 0 Å². The Morgan fingerprint density at radius 2 is 2.14 bits per heavy atom. The van der Waals surface area contributed by atoms with Crippen LogP contribution in [-0.4, -0.2) is 35.6 Å². The first-order valence-electron chi connectivity index (χ1n) is 7.74. The lowest BCUT2D eigenvalue weighted by molar-refractivity contribution is -0.130. The van der Waals surface area contributed by atoms with Gasteiger partial charge >= 0.3 is 0 Å². The molecule has 21 heavy (non-hydrogen) atoms. The van der Waals surface area contributed by atoms with Gasteiger partial charge in [-0.1, -0.05) is 19.1 Å². The van der Waals surface area contributed by atoms with Crippen LogP contribution in [0.25, 0.3) is 0 Å². The first kappa shape index (κ1) is 16.0. The van der Waals surface area contributed by atoms with Crippen LogP contribution in [-0.2, 0) is 4.79 Å². The summed E-state index contributed by atoms with van der Waals surface area (Å²) in [7, 11) is 0. The zero-order valence-electron chi connectivity index (χ0n) is 12.6. The first-order chi connectivity index (χ1) is 10.1. The van der Waals surface area contributed by atoms with E-state index in [9.17, 15) is 9.18 Å². The second kappa shape index (κ2) is 7.55. The Kier molecular flexibility index (Phi) is 5.74. The number of nitrogens with zero attached hydrogens (tertiary/aromatic N) is 1. The molecule has 116 valence electrons. The third kappa shape index (κ3) is 4.53. The van der Waals surface area contributed by atoms with Crippen molar-refractivity contribution in [2.24, 2.45) is 5.92 Å². The summed E-state index contributed by atoms with van der Waals surface area (Å²) < 4.78 is 12.9. The molecule has 1 fully saturated rings. The van der Waals surface area contributed by atoms with Crippen LogP contribution >= 0.6 is 0 Å². The largest absolute Gasteiger partial charge is 0.396 e. The predicted molar refractivity (Wildman–Crippen MR) is 80.4 cm³/mol. The summed E-state index contributed by atoms with van der Waals surface area (Å²) in [6.45, 7) is 3.87. The number of benzene rings is 1. The molecular weight excluding hydrogens is 269 g/mol. The number of carbonyl (C=O) groups is 1. The van der Waals surface area contributed by atoms with Crippen LogP contribution in [0.2, 0.25) is 0 Å². The fourth-order valence-electron chi connectivity index (χ4n) is 2.97. The van der Waals surface area contributed by atoms with E-state index in [0.29, 0.717) is 12.3 Å². The fourth-order valence-corrected chi connectivity index (χ4v) is 2.97. The molecule has 3 nitrogen and oxygen atoms in total. The van der Waals surface area contributed by atoms with Crippen molar-refractivity contribution in [3.63, 3.8) is 0 Å². The lowest BCUT2D eigenvalue weighted by Crippen LogP contribution is -2.29. The Bertz CT molecular complexity index is 460. The smallest absolute Gasteiger partial charge is 0.223 e. The van der Waals surface area contributed by atoms with Crippen LogP contribution in [0.15, 0.2) is 24.3 Å². The molecule has 4 heteroatoms. The monoisotopic (exact) mass is 293 g/mol. The van der Waals surface area contributed by atoms with Gasteiger partial charge in [0.25, 0.3) is 0 Å². The molecule has 1 aromatic rings. The van der Waals surface area contributed by atoms with E-state index in [1.54, 1.807) is 12.1 Å². The average molecular weight is 293 g/mol. The number of hydrogen-bond donors (Lipinski definition) is 1. The predicted octanol–water partition coefficient (Wildman–Crippen LogP) is 2.94. The van der Waals surface area contributed by atoms with Crippen molar-refractivity contribution in [3.8, 4) is 0 Å². The van der Waals surface area contributed by atoms with Crippen molar-refractivity contribution in [2.45, 2.75) is 38.5 Å². The molecule has 1 saturated heterocycles. The highest BCUT2D eigenvalue weighted by atomic mass is 19.1. The maximum absolute atomic E-state index is 12.9. The molecule has 0 unspecified atom stereocenters. The van der Waals surface area contributed by atoms with Gasteiger partial charge < -0.3 is 10.0 Å².